The first kappa shape index (κ1) is 21.5. The minimum atomic E-state index is -0.400. The van der Waals surface area contributed by atoms with Crippen LogP contribution in [0.25, 0.3) is 17.0 Å². The summed E-state index contributed by atoms with van der Waals surface area (Å²) in [6, 6.07) is 11.9. The summed E-state index contributed by atoms with van der Waals surface area (Å²) in [7, 11) is 0. The van der Waals surface area contributed by atoms with Crippen LogP contribution in [-0.4, -0.2) is 41.2 Å². The Bertz CT molecular complexity index is 937. The van der Waals surface area contributed by atoms with Gasteiger partial charge in [0.1, 0.15) is 12.6 Å². The van der Waals surface area contributed by atoms with Crippen LogP contribution in [0.4, 0.5) is 0 Å². The highest BCUT2D eigenvalue weighted by molar-refractivity contribution is 7.12. The molecule has 2 aromatic heterocycles. The van der Waals surface area contributed by atoms with Gasteiger partial charge in [0, 0.05) is 22.7 Å². The zero-order valence-corrected chi connectivity index (χ0v) is 18.1. The van der Waals surface area contributed by atoms with Crippen molar-refractivity contribution in [3.63, 3.8) is 0 Å². The standard InChI is InChI=1S/C24H30N2O2S/c1-3-13-25(14-4-2)17-20(27)18-26-16-19(21-8-5-6-9-22(21)26)11-12-23(28)24-10-7-15-29-24/h5-12,15-16,20,27H,3-4,13-14,17-18H2,1-2H3/p+1/b12-11+/t20-/m0/s1. The molecule has 5 heteroatoms. The normalized spacial score (nSPS) is 13.0. The van der Waals surface area contributed by atoms with Crippen LogP contribution in [0.15, 0.2) is 54.1 Å². The second-order valence-electron chi connectivity index (χ2n) is 7.54. The molecule has 0 bridgehead atoms. The van der Waals surface area contributed by atoms with E-state index in [1.165, 1.54) is 16.2 Å². The largest absolute Gasteiger partial charge is 0.385 e. The Labute approximate surface area is 177 Å². The summed E-state index contributed by atoms with van der Waals surface area (Å²) in [6.07, 6.45) is 7.43. The predicted octanol–water partition coefficient (Wildman–Crippen LogP) is 3.66. The van der Waals surface area contributed by atoms with Crippen LogP contribution in [0.5, 0.6) is 0 Å². The Morgan fingerprint density at radius 1 is 1.17 bits per heavy atom. The first-order chi connectivity index (χ1) is 14.1. The van der Waals surface area contributed by atoms with Crippen molar-refractivity contribution in [2.75, 3.05) is 19.6 Å². The Balaban J connectivity index is 1.77. The van der Waals surface area contributed by atoms with Gasteiger partial charge in [0.25, 0.3) is 0 Å². The number of aliphatic hydroxyl groups excluding tert-OH is 1. The molecule has 0 saturated carbocycles. The molecule has 0 radical (unpaired) electrons. The third-order valence-corrected chi connectivity index (χ3v) is 6.02. The van der Waals surface area contributed by atoms with Gasteiger partial charge in [-0.1, -0.05) is 38.1 Å². The summed E-state index contributed by atoms with van der Waals surface area (Å²) in [5.74, 6) is 0.0234. The number of hydrogen-bond acceptors (Lipinski definition) is 3. The van der Waals surface area contributed by atoms with E-state index in [9.17, 15) is 9.90 Å². The van der Waals surface area contributed by atoms with Crippen molar-refractivity contribution < 1.29 is 14.8 Å². The minimum absolute atomic E-state index is 0.0234. The number of thiophene rings is 1. The van der Waals surface area contributed by atoms with Gasteiger partial charge in [-0.05, 0) is 42.5 Å². The minimum Gasteiger partial charge on any atom is -0.385 e. The van der Waals surface area contributed by atoms with Gasteiger partial charge in [-0.2, -0.15) is 0 Å². The van der Waals surface area contributed by atoms with E-state index in [4.69, 9.17) is 0 Å². The maximum Gasteiger partial charge on any atom is 0.195 e. The van der Waals surface area contributed by atoms with Gasteiger partial charge in [-0.15, -0.1) is 11.3 Å². The van der Waals surface area contributed by atoms with Crippen molar-refractivity contribution in [1.29, 1.82) is 0 Å². The number of fused-ring (bicyclic) bond motifs is 1. The molecule has 0 saturated heterocycles. The van der Waals surface area contributed by atoms with Gasteiger partial charge in [-0.25, -0.2) is 0 Å². The van der Waals surface area contributed by atoms with Crippen LogP contribution in [0.1, 0.15) is 41.9 Å². The van der Waals surface area contributed by atoms with Crippen molar-refractivity contribution in [3.8, 4) is 0 Å². The van der Waals surface area contributed by atoms with E-state index in [0.717, 1.165) is 53.8 Å². The number of para-hydroxylation sites is 1. The van der Waals surface area contributed by atoms with Crippen LogP contribution >= 0.6 is 11.3 Å². The number of allylic oxidation sites excluding steroid dienone is 1. The molecule has 1 atom stereocenters. The van der Waals surface area contributed by atoms with E-state index >= 15 is 0 Å². The SMILES string of the molecule is CCC[NH+](CCC)C[C@H](O)Cn1cc(/C=C/C(=O)c2cccs2)c2ccccc21. The zero-order valence-electron chi connectivity index (χ0n) is 17.3. The highest BCUT2D eigenvalue weighted by atomic mass is 32.1. The lowest BCUT2D eigenvalue weighted by molar-refractivity contribution is -0.903. The second-order valence-corrected chi connectivity index (χ2v) is 8.48. The van der Waals surface area contributed by atoms with Crippen molar-refractivity contribution >= 4 is 34.1 Å². The van der Waals surface area contributed by atoms with Gasteiger partial charge in [0.2, 0.25) is 0 Å². The second kappa shape index (κ2) is 10.5. The fraction of sp³-hybridized carbons (Fsp3) is 0.375. The predicted molar refractivity (Wildman–Crippen MR) is 122 cm³/mol. The molecule has 2 heterocycles. The number of benzene rings is 1. The van der Waals surface area contributed by atoms with Crippen molar-refractivity contribution in [2.45, 2.75) is 39.3 Å². The summed E-state index contributed by atoms with van der Waals surface area (Å²) in [5.41, 5.74) is 2.09. The number of ketones is 1. The summed E-state index contributed by atoms with van der Waals surface area (Å²) in [4.78, 5) is 14.5. The monoisotopic (exact) mass is 411 g/mol. The highest BCUT2D eigenvalue weighted by Gasteiger charge is 2.16. The lowest BCUT2D eigenvalue weighted by Crippen LogP contribution is -3.13. The molecule has 0 aliphatic heterocycles. The van der Waals surface area contributed by atoms with Crippen LogP contribution in [0.3, 0.4) is 0 Å². The smallest absolute Gasteiger partial charge is 0.195 e. The molecule has 29 heavy (non-hydrogen) atoms. The first-order valence-corrected chi connectivity index (χ1v) is 11.4. The summed E-state index contributed by atoms with van der Waals surface area (Å²) >= 11 is 1.46. The molecule has 1 aromatic carbocycles. The number of hydrogen-bond donors (Lipinski definition) is 2. The van der Waals surface area contributed by atoms with Gasteiger partial charge >= 0.3 is 0 Å². The number of aromatic nitrogens is 1. The molecule has 3 aromatic rings. The first-order valence-electron chi connectivity index (χ1n) is 10.5. The van der Waals surface area contributed by atoms with Gasteiger partial charge in [-0.3, -0.25) is 4.79 Å². The Kier molecular flexibility index (Phi) is 7.81. The van der Waals surface area contributed by atoms with Gasteiger partial charge in [0.15, 0.2) is 5.78 Å². The molecule has 154 valence electrons. The molecule has 0 unspecified atom stereocenters. The molecule has 0 amide bonds. The maximum absolute atomic E-state index is 12.3. The van der Waals surface area contributed by atoms with Gasteiger partial charge < -0.3 is 14.6 Å². The van der Waals surface area contributed by atoms with Crippen LogP contribution in [-0.2, 0) is 6.54 Å². The van der Waals surface area contributed by atoms with Crippen LogP contribution < -0.4 is 4.90 Å². The fourth-order valence-electron chi connectivity index (χ4n) is 3.89. The van der Waals surface area contributed by atoms with E-state index < -0.39 is 6.10 Å². The average molecular weight is 412 g/mol. The van der Waals surface area contributed by atoms with Crippen molar-refractivity contribution in [1.82, 2.24) is 4.57 Å². The molecule has 0 spiro atoms. The third-order valence-electron chi connectivity index (χ3n) is 5.14. The fourth-order valence-corrected chi connectivity index (χ4v) is 4.53. The quantitative estimate of drug-likeness (QED) is 0.374. The van der Waals surface area contributed by atoms with E-state index in [2.05, 4.69) is 30.5 Å². The number of nitrogens with one attached hydrogen (secondary N) is 1. The molecule has 3 rings (SSSR count). The van der Waals surface area contributed by atoms with E-state index in [1.807, 2.05) is 41.9 Å². The van der Waals surface area contributed by atoms with E-state index in [0.29, 0.717) is 6.54 Å². The Morgan fingerprint density at radius 2 is 1.93 bits per heavy atom. The van der Waals surface area contributed by atoms with Crippen LogP contribution in [0, 0.1) is 0 Å². The average Bonchev–Trinajstić information content (AvgIpc) is 3.36. The lowest BCUT2D eigenvalue weighted by Gasteiger charge is -2.22. The lowest BCUT2D eigenvalue weighted by atomic mass is 10.1. The number of rotatable bonds is 11. The van der Waals surface area contributed by atoms with E-state index in [-0.39, 0.29) is 5.78 Å². The molecule has 4 nitrogen and oxygen atoms in total. The van der Waals surface area contributed by atoms with Crippen LogP contribution in [0.2, 0.25) is 0 Å². The third kappa shape index (κ3) is 5.66. The summed E-state index contributed by atoms with van der Waals surface area (Å²) < 4.78 is 2.12. The number of aliphatic hydroxyl groups is 1. The van der Waals surface area contributed by atoms with Crippen molar-refractivity contribution in [2.24, 2.45) is 0 Å². The van der Waals surface area contributed by atoms with E-state index in [1.54, 1.807) is 6.08 Å². The zero-order chi connectivity index (χ0) is 20.6. The molecule has 0 aliphatic rings. The maximum atomic E-state index is 12.3. The summed E-state index contributed by atoms with van der Waals surface area (Å²) in [5, 5.41) is 13.7. The number of nitrogens with zero attached hydrogens (tertiary/aromatic N) is 1. The molecular formula is C24H31N2O2S+. The Morgan fingerprint density at radius 3 is 2.62 bits per heavy atom. The number of carbonyl (C=O) groups is 1. The topological polar surface area (TPSA) is 46.7 Å². The number of quaternary nitrogens is 1. The van der Waals surface area contributed by atoms with Crippen molar-refractivity contribution in [3.05, 3.63) is 64.5 Å². The highest BCUT2D eigenvalue weighted by Crippen LogP contribution is 2.23. The number of carbonyl (C=O) groups excluding carboxylic acids is 1. The Hall–Kier alpha value is -2.21. The molecule has 0 aliphatic carbocycles. The molecule has 0 fully saturated rings. The molecular weight excluding hydrogens is 380 g/mol. The molecule has 2 N–H and O–H groups in total. The summed E-state index contributed by atoms with van der Waals surface area (Å²) in [6.45, 7) is 7.89. The van der Waals surface area contributed by atoms with Gasteiger partial charge in [0.05, 0.1) is 24.5 Å².